The third-order valence-corrected chi connectivity index (χ3v) is 3.80. The second-order valence-corrected chi connectivity index (χ2v) is 4.87. The van der Waals surface area contributed by atoms with Crippen molar-refractivity contribution in [1.82, 2.24) is 0 Å². The van der Waals surface area contributed by atoms with Gasteiger partial charge in [-0.1, -0.05) is 32.8 Å². The molecule has 0 bridgehead atoms. The molecule has 1 rings (SSSR count). The molecule has 0 amide bonds. The van der Waals surface area contributed by atoms with Gasteiger partial charge in [-0.25, -0.2) is 0 Å². The van der Waals surface area contributed by atoms with Crippen LogP contribution in [0.25, 0.3) is 0 Å². The molecule has 0 fully saturated rings. The molecule has 0 saturated carbocycles. The number of nitrogens with two attached hydrogens (primary N) is 1. The predicted octanol–water partition coefficient (Wildman–Crippen LogP) is 3.35. The Labute approximate surface area is 99.3 Å². The van der Waals surface area contributed by atoms with Gasteiger partial charge >= 0.3 is 0 Å². The van der Waals surface area contributed by atoms with Crippen LogP contribution in [-0.2, 0) is 4.79 Å². The summed E-state index contributed by atoms with van der Waals surface area (Å²) in [5.41, 5.74) is 6.54. The minimum absolute atomic E-state index is 0.194. The van der Waals surface area contributed by atoms with Gasteiger partial charge in [0.25, 0.3) is 0 Å². The first-order valence-electron chi connectivity index (χ1n) is 6.66. The molecule has 2 heteroatoms. The minimum atomic E-state index is -0.620. The highest BCUT2D eigenvalue weighted by molar-refractivity contribution is 6.02. The van der Waals surface area contributed by atoms with Gasteiger partial charge in [0.2, 0.25) is 0 Å². The van der Waals surface area contributed by atoms with Crippen LogP contribution < -0.4 is 5.73 Å². The maximum absolute atomic E-state index is 12.4. The van der Waals surface area contributed by atoms with Crippen molar-refractivity contribution in [3.63, 3.8) is 0 Å². The average Bonchev–Trinajstić information content (AvgIpc) is 2.27. The fourth-order valence-electron chi connectivity index (χ4n) is 2.29. The van der Waals surface area contributed by atoms with E-state index in [1.165, 1.54) is 19.3 Å². The molecule has 2 N–H and O–H groups in total. The van der Waals surface area contributed by atoms with Gasteiger partial charge in [-0.05, 0) is 44.1 Å². The van der Waals surface area contributed by atoms with Gasteiger partial charge in [0.15, 0.2) is 5.78 Å². The quantitative estimate of drug-likeness (QED) is 0.794. The largest absolute Gasteiger partial charge is 0.319 e. The Kier molecular flexibility index (Phi) is 5.20. The fraction of sp³-hybridized carbons (Fsp3) is 0.786. The van der Waals surface area contributed by atoms with Gasteiger partial charge < -0.3 is 5.73 Å². The molecule has 0 atom stereocenters. The Morgan fingerprint density at radius 2 is 1.88 bits per heavy atom. The van der Waals surface area contributed by atoms with Crippen LogP contribution in [0.1, 0.15) is 65.2 Å². The van der Waals surface area contributed by atoms with Crippen LogP contribution in [0, 0.1) is 0 Å². The molecule has 2 nitrogen and oxygen atoms in total. The highest BCUT2D eigenvalue weighted by Crippen LogP contribution is 2.24. The summed E-state index contributed by atoms with van der Waals surface area (Å²) < 4.78 is 0. The van der Waals surface area contributed by atoms with E-state index in [-0.39, 0.29) is 5.78 Å². The van der Waals surface area contributed by atoms with Crippen molar-refractivity contribution in [1.29, 1.82) is 0 Å². The zero-order valence-corrected chi connectivity index (χ0v) is 10.7. The minimum Gasteiger partial charge on any atom is -0.319 e. The van der Waals surface area contributed by atoms with Crippen LogP contribution in [0.15, 0.2) is 11.6 Å². The standard InChI is InChI=1S/C14H25NO/c1-3-14(15,4-2)13(16)12-10-8-6-5-7-9-11-12/h10H,3-9,11,15H2,1-2H3. The molecule has 0 radical (unpaired) electrons. The number of allylic oxidation sites excluding steroid dienone is 1. The Balaban J connectivity index is 2.77. The molecule has 0 spiro atoms. The van der Waals surface area contributed by atoms with Crippen molar-refractivity contribution in [2.75, 3.05) is 0 Å². The summed E-state index contributed by atoms with van der Waals surface area (Å²) in [4.78, 5) is 12.4. The summed E-state index contributed by atoms with van der Waals surface area (Å²) in [5, 5.41) is 0. The van der Waals surface area contributed by atoms with E-state index >= 15 is 0 Å². The van der Waals surface area contributed by atoms with Gasteiger partial charge in [-0.3, -0.25) is 4.79 Å². The van der Waals surface area contributed by atoms with E-state index in [0.717, 1.165) is 37.7 Å². The van der Waals surface area contributed by atoms with Gasteiger partial charge in [-0.2, -0.15) is 0 Å². The molecule has 0 aliphatic heterocycles. The van der Waals surface area contributed by atoms with E-state index in [9.17, 15) is 4.79 Å². The zero-order chi connectivity index (χ0) is 12.0. The molecule has 1 aliphatic carbocycles. The molecule has 92 valence electrons. The summed E-state index contributed by atoms with van der Waals surface area (Å²) in [7, 11) is 0. The second-order valence-electron chi connectivity index (χ2n) is 4.87. The lowest BCUT2D eigenvalue weighted by Crippen LogP contribution is -2.47. The molecule has 0 aromatic carbocycles. The summed E-state index contributed by atoms with van der Waals surface area (Å²) in [6.07, 6.45) is 10.5. The first-order chi connectivity index (χ1) is 7.64. The number of carbonyl (C=O) groups is 1. The van der Waals surface area contributed by atoms with Crippen LogP contribution in [0.3, 0.4) is 0 Å². The molecule has 1 aliphatic rings. The van der Waals surface area contributed by atoms with E-state index in [2.05, 4.69) is 6.08 Å². The van der Waals surface area contributed by atoms with Gasteiger partial charge in [0.05, 0.1) is 5.54 Å². The molecule has 16 heavy (non-hydrogen) atoms. The maximum Gasteiger partial charge on any atom is 0.178 e. The SMILES string of the molecule is CCC(N)(CC)C(=O)C1=CCCCCCC1. The first-order valence-corrected chi connectivity index (χ1v) is 6.66. The lowest BCUT2D eigenvalue weighted by Gasteiger charge is -2.26. The summed E-state index contributed by atoms with van der Waals surface area (Å²) in [6, 6.07) is 0. The van der Waals surface area contributed by atoms with E-state index in [1.807, 2.05) is 13.8 Å². The smallest absolute Gasteiger partial charge is 0.178 e. The van der Waals surface area contributed by atoms with Crippen LogP contribution in [-0.4, -0.2) is 11.3 Å². The second kappa shape index (κ2) is 6.19. The molecule has 0 unspecified atom stereocenters. The third-order valence-electron chi connectivity index (χ3n) is 3.80. The first kappa shape index (κ1) is 13.4. The van der Waals surface area contributed by atoms with Crippen molar-refractivity contribution < 1.29 is 4.79 Å². The van der Waals surface area contributed by atoms with Crippen LogP contribution in [0.4, 0.5) is 0 Å². The molecular weight excluding hydrogens is 198 g/mol. The van der Waals surface area contributed by atoms with Crippen LogP contribution >= 0.6 is 0 Å². The van der Waals surface area contributed by atoms with E-state index in [4.69, 9.17) is 5.73 Å². The van der Waals surface area contributed by atoms with Crippen molar-refractivity contribution >= 4 is 5.78 Å². The highest BCUT2D eigenvalue weighted by Gasteiger charge is 2.31. The van der Waals surface area contributed by atoms with Crippen LogP contribution in [0.2, 0.25) is 0 Å². The number of carbonyl (C=O) groups excluding carboxylic acids is 1. The van der Waals surface area contributed by atoms with Gasteiger partial charge in [0.1, 0.15) is 0 Å². The van der Waals surface area contributed by atoms with Crippen LogP contribution in [0.5, 0.6) is 0 Å². The molecule has 0 aromatic heterocycles. The van der Waals surface area contributed by atoms with Crippen molar-refractivity contribution in [2.45, 2.75) is 70.8 Å². The molecular formula is C14H25NO. The Hall–Kier alpha value is -0.630. The highest BCUT2D eigenvalue weighted by atomic mass is 16.1. The normalized spacial score (nSPS) is 18.6. The summed E-state index contributed by atoms with van der Waals surface area (Å²) in [6.45, 7) is 4.01. The lowest BCUT2D eigenvalue weighted by atomic mass is 9.82. The zero-order valence-electron chi connectivity index (χ0n) is 10.7. The maximum atomic E-state index is 12.4. The number of Topliss-reactive ketones (excluding diaryl/α,β-unsaturated/α-hetero) is 1. The molecule has 0 aromatic rings. The number of hydrogen-bond acceptors (Lipinski definition) is 2. The van der Waals surface area contributed by atoms with E-state index in [0.29, 0.717) is 0 Å². The average molecular weight is 223 g/mol. The number of ketones is 1. The molecule has 0 saturated heterocycles. The Morgan fingerprint density at radius 3 is 2.50 bits per heavy atom. The topological polar surface area (TPSA) is 43.1 Å². The monoisotopic (exact) mass is 223 g/mol. The van der Waals surface area contributed by atoms with Gasteiger partial charge in [-0.15, -0.1) is 0 Å². The predicted molar refractivity (Wildman–Crippen MR) is 68.3 cm³/mol. The fourth-order valence-corrected chi connectivity index (χ4v) is 2.29. The van der Waals surface area contributed by atoms with Crippen molar-refractivity contribution in [3.8, 4) is 0 Å². The molecule has 0 heterocycles. The number of hydrogen-bond donors (Lipinski definition) is 1. The van der Waals surface area contributed by atoms with E-state index < -0.39 is 5.54 Å². The Bertz CT molecular complexity index is 264. The summed E-state index contributed by atoms with van der Waals surface area (Å²) >= 11 is 0. The van der Waals surface area contributed by atoms with Crippen molar-refractivity contribution in [3.05, 3.63) is 11.6 Å². The Morgan fingerprint density at radius 1 is 1.25 bits per heavy atom. The van der Waals surface area contributed by atoms with E-state index in [1.54, 1.807) is 0 Å². The number of rotatable bonds is 4. The lowest BCUT2D eigenvalue weighted by molar-refractivity contribution is -0.120. The summed E-state index contributed by atoms with van der Waals surface area (Å²) in [5.74, 6) is 0.194. The van der Waals surface area contributed by atoms with Crippen molar-refractivity contribution in [2.24, 2.45) is 5.73 Å². The van der Waals surface area contributed by atoms with Gasteiger partial charge in [0, 0.05) is 0 Å². The third kappa shape index (κ3) is 3.18.